The van der Waals surface area contributed by atoms with Crippen molar-refractivity contribution in [3.05, 3.63) is 144 Å². The third-order valence-corrected chi connectivity index (χ3v) is 14.3. The van der Waals surface area contributed by atoms with Crippen LogP contribution in [0.5, 0.6) is 0 Å². The molecule has 12 rings (SSSR count). The summed E-state index contributed by atoms with van der Waals surface area (Å²) in [7, 11) is 1.72. The lowest BCUT2D eigenvalue weighted by molar-refractivity contribution is 0.0638. The minimum atomic E-state index is -0.909. The first kappa shape index (κ1) is 59.8. The van der Waals surface area contributed by atoms with Crippen molar-refractivity contribution >= 4 is 140 Å². The first-order valence-electron chi connectivity index (χ1n) is 27.4. The van der Waals surface area contributed by atoms with Crippen LogP contribution in [-0.2, 0) is 26.2 Å². The molecule has 8 heterocycles. The average molecular weight is 1160 g/mol. The van der Waals surface area contributed by atoms with E-state index in [2.05, 4.69) is 54.3 Å². The first-order valence-corrected chi connectivity index (χ1v) is 27.4. The summed E-state index contributed by atoms with van der Waals surface area (Å²) in [5, 5.41) is 27.9. The first-order chi connectivity index (χ1) is 40.8. The van der Waals surface area contributed by atoms with E-state index in [0.29, 0.717) is 41.7 Å². The minimum Gasteiger partial charge on any atom is -0.389 e. The predicted octanol–water partition coefficient (Wildman–Crippen LogP) is 6.65. The van der Waals surface area contributed by atoms with Gasteiger partial charge in [-0.2, -0.15) is 0 Å². The Morgan fingerprint density at radius 3 is 1.15 bits per heavy atom. The van der Waals surface area contributed by atoms with E-state index in [1.165, 1.54) is 0 Å². The number of hydrogen-bond donors (Lipinski definition) is 12. The van der Waals surface area contributed by atoms with E-state index < -0.39 is 29.2 Å². The topological polar surface area (TPSA) is 430 Å². The highest BCUT2D eigenvalue weighted by Gasteiger charge is 2.23. The smallest absolute Gasteiger partial charge is 0.252 e. The van der Waals surface area contributed by atoms with Gasteiger partial charge in [0.05, 0.1) is 63.0 Å². The number of fused-ring (bicyclic) bond motifs is 12. The van der Waals surface area contributed by atoms with Gasteiger partial charge in [-0.3, -0.25) is 24.6 Å². The van der Waals surface area contributed by atoms with Gasteiger partial charge in [0, 0.05) is 69.3 Å². The molecule has 0 saturated heterocycles. The molecule has 4 amide bonds. The van der Waals surface area contributed by atoms with E-state index in [9.17, 15) is 24.3 Å². The standard InChI is InChI=1S/C16H19N5O.C16H18N4O2.C16H18N4O.C14H14N6O/c1-9(17)8-21-13-6-4-3-5-10(13)11-7-12(14(18)22)15(19-2)20-16(11)21;1-16(2,22)8-20-12-6-4-3-5-9(12)10-7-11(14(18)21)13(17)19-15(10)20;1-9(2)8-20-13-6-4-3-5-10(13)11-7-12(15(18)21)14(17)19-16(11)20;15-11(16)6-20-10-4-2-1-3-7(10)8-5-9(13(18)21)12(17)19-14(8)20/h3-7,9H,8,17H2,1-2H3,(H2,18,22)(H,19,20);3-7,22H,8H2,1-2H3,(H2,17,19)(H2,18,21);3-7,9H,8H2,1-2H3,(H2,17,19)(H2,18,21);1-5H,6H2,(H3,15,16)(H2,17,19)(H2,18,21)/t9-;;;/m0.../s1. The number of benzene rings is 4. The van der Waals surface area contributed by atoms with Gasteiger partial charge in [0.15, 0.2) is 0 Å². The molecule has 0 unspecified atom stereocenters. The Hall–Kier alpha value is -10.9. The summed E-state index contributed by atoms with van der Waals surface area (Å²) in [4.78, 5) is 63.7. The summed E-state index contributed by atoms with van der Waals surface area (Å²) in [5.74, 6) is -0.958. The summed E-state index contributed by atoms with van der Waals surface area (Å²) in [6.45, 7) is 11.8. The van der Waals surface area contributed by atoms with E-state index in [1.807, 2.05) is 102 Å². The third kappa shape index (κ3) is 11.7. The molecule has 0 spiro atoms. The number of primary amides is 4. The molecule has 0 saturated carbocycles. The van der Waals surface area contributed by atoms with Crippen LogP contribution in [0.25, 0.3) is 87.7 Å². The second-order valence-electron chi connectivity index (χ2n) is 22.0. The summed E-state index contributed by atoms with van der Waals surface area (Å²) in [6, 6.07) is 38.2. The largest absolute Gasteiger partial charge is 0.389 e. The Balaban J connectivity index is 0.000000137. The van der Waals surface area contributed by atoms with Crippen LogP contribution in [0.15, 0.2) is 121 Å². The van der Waals surface area contributed by atoms with Crippen LogP contribution in [0, 0.1) is 11.3 Å². The number of para-hydroxylation sites is 4. The number of amides is 4. The van der Waals surface area contributed by atoms with Crippen molar-refractivity contribution in [2.24, 2.45) is 40.3 Å². The van der Waals surface area contributed by atoms with Crippen LogP contribution in [-0.4, -0.2) is 91.5 Å². The van der Waals surface area contributed by atoms with E-state index >= 15 is 0 Å². The molecule has 8 aromatic heterocycles. The normalized spacial score (nSPS) is 11.9. The molecule has 0 aliphatic rings. The molecule has 0 fully saturated rings. The molecule has 0 radical (unpaired) electrons. The van der Waals surface area contributed by atoms with Crippen LogP contribution in [0.2, 0.25) is 0 Å². The molecule has 24 nitrogen and oxygen atoms in total. The van der Waals surface area contributed by atoms with Gasteiger partial charge in [0.25, 0.3) is 23.6 Å². The number of nitrogens with one attached hydrogen (secondary N) is 2. The Kier molecular flexibility index (Phi) is 16.5. The summed E-state index contributed by atoms with van der Waals surface area (Å²) in [5.41, 5.74) is 57.4. The zero-order chi connectivity index (χ0) is 62.2. The highest BCUT2D eigenvalue weighted by Crippen LogP contribution is 2.35. The molecule has 0 aliphatic carbocycles. The zero-order valence-corrected chi connectivity index (χ0v) is 48.4. The quantitative estimate of drug-likeness (QED) is 0.0424. The van der Waals surface area contributed by atoms with E-state index in [0.717, 1.165) is 83.0 Å². The number of pyridine rings is 4. The van der Waals surface area contributed by atoms with E-state index in [4.69, 9.17) is 57.0 Å². The fourth-order valence-electron chi connectivity index (χ4n) is 10.7. The number of nitrogen functional groups attached to an aromatic ring is 3. The number of nitrogens with zero attached hydrogens (tertiary/aromatic N) is 8. The third-order valence-electron chi connectivity index (χ3n) is 14.3. The number of aromatic nitrogens is 8. The summed E-state index contributed by atoms with van der Waals surface area (Å²) >= 11 is 0. The van der Waals surface area contributed by atoms with Gasteiger partial charge in [-0.1, -0.05) is 86.6 Å². The van der Waals surface area contributed by atoms with Crippen LogP contribution < -0.4 is 56.9 Å². The maximum atomic E-state index is 11.7. The Morgan fingerprint density at radius 2 is 0.814 bits per heavy atom. The van der Waals surface area contributed by atoms with Gasteiger partial charge in [-0.15, -0.1) is 0 Å². The highest BCUT2D eigenvalue weighted by atomic mass is 16.3. The number of nitrogens with two attached hydrogens (primary N) is 9. The number of anilines is 4. The van der Waals surface area contributed by atoms with Gasteiger partial charge in [0.2, 0.25) is 0 Å². The van der Waals surface area contributed by atoms with Crippen molar-refractivity contribution < 1.29 is 24.3 Å². The summed E-state index contributed by atoms with van der Waals surface area (Å²) in [6.07, 6.45) is 0. The molecule has 442 valence electrons. The molecule has 86 heavy (non-hydrogen) atoms. The van der Waals surface area contributed by atoms with Gasteiger partial charge in [-0.05, 0) is 75.2 Å². The monoisotopic (exact) mass is 1160 g/mol. The molecule has 0 aliphatic heterocycles. The van der Waals surface area contributed by atoms with E-state index in [-0.39, 0.29) is 52.6 Å². The second kappa shape index (κ2) is 23.8. The van der Waals surface area contributed by atoms with Crippen molar-refractivity contribution in [3.63, 3.8) is 0 Å². The Labute approximate surface area is 492 Å². The number of hydrogen-bond acceptors (Lipinski definition) is 15. The summed E-state index contributed by atoms with van der Waals surface area (Å²) < 4.78 is 7.94. The highest BCUT2D eigenvalue weighted by molar-refractivity contribution is 6.14. The van der Waals surface area contributed by atoms with Crippen molar-refractivity contribution in [3.8, 4) is 0 Å². The van der Waals surface area contributed by atoms with E-state index in [1.54, 1.807) is 49.7 Å². The van der Waals surface area contributed by atoms with Crippen molar-refractivity contribution in [1.82, 2.24) is 38.2 Å². The Morgan fingerprint density at radius 1 is 0.500 bits per heavy atom. The maximum absolute atomic E-state index is 11.7. The number of amidine groups is 1. The lowest BCUT2D eigenvalue weighted by atomic mass is 10.1. The van der Waals surface area contributed by atoms with Crippen LogP contribution in [0.1, 0.15) is 76.1 Å². The number of carbonyl (C=O) groups excluding carboxylic acids is 4. The molecule has 21 N–H and O–H groups in total. The molecule has 24 heteroatoms. The van der Waals surface area contributed by atoms with Gasteiger partial charge >= 0.3 is 0 Å². The number of aliphatic hydroxyl groups is 1. The van der Waals surface area contributed by atoms with Crippen molar-refractivity contribution in [2.45, 2.75) is 72.4 Å². The fraction of sp³-hybridized carbons (Fsp3) is 0.210. The molecule has 12 aromatic rings. The lowest BCUT2D eigenvalue weighted by Crippen LogP contribution is -2.26. The van der Waals surface area contributed by atoms with Gasteiger partial charge in [0.1, 0.15) is 51.7 Å². The lowest BCUT2D eigenvalue weighted by Gasteiger charge is -2.19. The molecular weight excluding hydrogens is 1090 g/mol. The minimum absolute atomic E-state index is 0.00495. The number of carbonyl (C=O) groups is 4. The van der Waals surface area contributed by atoms with Crippen molar-refractivity contribution in [1.29, 1.82) is 5.41 Å². The SMILES string of the molecule is CC(C)(O)Cn1c2ccccc2c2cc(C(N)=O)c(N)nc21.CC(C)Cn1c2ccccc2c2cc(C(N)=O)c(N)nc21.CNc1nc2c(cc1C(N)=O)c1ccccc1n2C[C@H](C)N.N=C(N)Cn1c2ccccc2c2cc(C(N)=O)c(N)nc21. The molecular formula is C62H69N19O5. The number of rotatable bonds is 13. The molecule has 0 bridgehead atoms. The van der Waals surface area contributed by atoms with Gasteiger partial charge in [-0.25, -0.2) is 19.9 Å². The fourth-order valence-corrected chi connectivity index (χ4v) is 10.7. The molecule has 4 aromatic carbocycles. The second-order valence-corrected chi connectivity index (χ2v) is 22.0. The van der Waals surface area contributed by atoms with Gasteiger partial charge < -0.3 is 80.3 Å². The van der Waals surface area contributed by atoms with Crippen molar-refractivity contribution in [2.75, 3.05) is 29.6 Å². The molecule has 1 atom stereocenters. The van der Waals surface area contributed by atoms with Crippen LogP contribution >= 0.6 is 0 Å². The Bertz CT molecular complexity index is 4680. The van der Waals surface area contributed by atoms with Crippen LogP contribution in [0.3, 0.4) is 0 Å². The maximum Gasteiger partial charge on any atom is 0.252 e. The predicted molar refractivity (Wildman–Crippen MR) is 343 cm³/mol. The average Bonchev–Trinajstić information content (AvgIpc) is 1.70. The zero-order valence-electron chi connectivity index (χ0n) is 48.4. The van der Waals surface area contributed by atoms with Crippen LogP contribution in [0.4, 0.5) is 23.3 Å².